The topological polar surface area (TPSA) is 40.5 Å². The van der Waals surface area contributed by atoms with Crippen LogP contribution in [0.3, 0.4) is 0 Å². The molecule has 0 aromatic heterocycles. The summed E-state index contributed by atoms with van der Waals surface area (Å²) in [6.45, 7) is 1.00. The average Bonchev–Trinajstić information content (AvgIpc) is 2.75. The molecule has 0 saturated carbocycles. The second-order valence-electron chi connectivity index (χ2n) is 4.86. The number of alkyl halides is 3. The number of anilines is 1. The second-order valence-corrected chi connectivity index (χ2v) is 5.27. The van der Waals surface area contributed by atoms with Gasteiger partial charge in [-0.15, -0.1) is 0 Å². The maximum atomic E-state index is 12.8. The van der Waals surface area contributed by atoms with Gasteiger partial charge in [0, 0.05) is 25.2 Å². The fourth-order valence-corrected chi connectivity index (χ4v) is 2.63. The van der Waals surface area contributed by atoms with Crippen molar-refractivity contribution in [2.45, 2.75) is 19.0 Å². The molecule has 1 saturated heterocycles. The van der Waals surface area contributed by atoms with Crippen molar-refractivity contribution in [3.63, 3.8) is 0 Å². The molecule has 0 bridgehead atoms. The third-order valence-corrected chi connectivity index (χ3v) is 3.70. The Morgan fingerprint density at radius 1 is 1.45 bits per heavy atom. The normalized spacial score (nSPS) is 19.4. The van der Waals surface area contributed by atoms with E-state index in [0.717, 1.165) is 6.07 Å². The molecule has 1 aliphatic rings. The molecule has 110 valence electrons. The van der Waals surface area contributed by atoms with Crippen LogP contribution in [-0.2, 0) is 11.0 Å². The van der Waals surface area contributed by atoms with Gasteiger partial charge < -0.3 is 10.0 Å². The van der Waals surface area contributed by atoms with Crippen LogP contribution < -0.4 is 4.90 Å². The predicted molar refractivity (Wildman–Crippen MR) is 69.0 cm³/mol. The molecule has 1 fully saturated rings. The molecule has 0 aliphatic carbocycles. The summed E-state index contributed by atoms with van der Waals surface area (Å²) in [5.74, 6) is -0.915. The van der Waals surface area contributed by atoms with Crippen LogP contribution in [0.5, 0.6) is 0 Å². The number of carboxylic acid groups (broad SMARTS) is 1. The second kappa shape index (κ2) is 5.52. The van der Waals surface area contributed by atoms with E-state index in [9.17, 15) is 18.0 Å². The summed E-state index contributed by atoms with van der Waals surface area (Å²) in [5, 5.41) is 8.40. The van der Waals surface area contributed by atoms with Gasteiger partial charge in [0.15, 0.2) is 0 Å². The Balaban J connectivity index is 2.17. The summed E-state index contributed by atoms with van der Waals surface area (Å²) in [5.41, 5.74) is -0.437. The Morgan fingerprint density at radius 2 is 2.15 bits per heavy atom. The fourth-order valence-electron chi connectivity index (χ4n) is 2.41. The maximum absolute atomic E-state index is 12.8. The van der Waals surface area contributed by atoms with Crippen LogP contribution in [0.15, 0.2) is 18.2 Å². The van der Waals surface area contributed by atoms with Gasteiger partial charge in [-0.05, 0) is 30.5 Å². The quantitative estimate of drug-likeness (QED) is 0.926. The van der Waals surface area contributed by atoms with Crippen molar-refractivity contribution < 1.29 is 23.1 Å². The molecule has 0 spiro atoms. The minimum Gasteiger partial charge on any atom is -0.481 e. The molecule has 1 aromatic rings. The Bertz CT molecular complexity index is 519. The lowest BCUT2D eigenvalue weighted by atomic mass is 10.1. The molecule has 1 atom stereocenters. The van der Waals surface area contributed by atoms with Crippen molar-refractivity contribution in [3.8, 4) is 0 Å². The van der Waals surface area contributed by atoms with Crippen molar-refractivity contribution in [3.05, 3.63) is 28.8 Å². The predicted octanol–water partition coefficient (Wildman–Crippen LogP) is 3.66. The van der Waals surface area contributed by atoms with Crippen LogP contribution in [0.4, 0.5) is 18.9 Å². The van der Waals surface area contributed by atoms with E-state index >= 15 is 0 Å². The van der Waals surface area contributed by atoms with Gasteiger partial charge in [-0.1, -0.05) is 11.6 Å². The molecular weight excluding hydrogens is 295 g/mol. The average molecular weight is 308 g/mol. The van der Waals surface area contributed by atoms with Crippen LogP contribution >= 0.6 is 11.6 Å². The molecule has 1 N–H and O–H groups in total. The monoisotopic (exact) mass is 307 g/mol. The number of carboxylic acids is 1. The van der Waals surface area contributed by atoms with Crippen molar-refractivity contribution in [2.24, 2.45) is 5.92 Å². The lowest BCUT2D eigenvalue weighted by Gasteiger charge is -2.20. The molecule has 0 amide bonds. The van der Waals surface area contributed by atoms with Gasteiger partial charge in [0.05, 0.1) is 10.6 Å². The standard InChI is InChI=1S/C13H13ClF3NO2/c14-11-2-1-9(6-10(11)13(15,16)17)18-4-3-8(7-18)5-12(19)20/h1-2,6,8H,3-5,7H2,(H,19,20). The van der Waals surface area contributed by atoms with Gasteiger partial charge >= 0.3 is 12.1 Å². The molecule has 1 aromatic carbocycles. The first kappa shape index (κ1) is 15.0. The number of carbonyl (C=O) groups is 1. The molecule has 1 heterocycles. The molecule has 2 rings (SSSR count). The van der Waals surface area contributed by atoms with E-state index in [1.165, 1.54) is 12.1 Å². The summed E-state index contributed by atoms with van der Waals surface area (Å²) in [7, 11) is 0. The zero-order valence-electron chi connectivity index (χ0n) is 10.5. The largest absolute Gasteiger partial charge is 0.481 e. The van der Waals surface area contributed by atoms with Crippen LogP contribution in [0, 0.1) is 5.92 Å². The summed E-state index contributed by atoms with van der Waals surface area (Å²) in [6.07, 6.45) is -3.79. The molecule has 0 radical (unpaired) electrons. The van der Waals surface area contributed by atoms with E-state index in [-0.39, 0.29) is 17.4 Å². The fraction of sp³-hybridized carbons (Fsp3) is 0.462. The van der Waals surface area contributed by atoms with Crippen molar-refractivity contribution in [2.75, 3.05) is 18.0 Å². The third kappa shape index (κ3) is 3.36. The van der Waals surface area contributed by atoms with Gasteiger partial charge in [0.1, 0.15) is 0 Å². The maximum Gasteiger partial charge on any atom is 0.417 e. The van der Waals surface area contributed by atoms with Crippen molar-refractivity contribution in [1.29, 1.82) is 0 Å². The van der Waals surface area contributed by atoms with E-state index in [2.05, 4.69) is 0 Å². The van der Waals surface area contributed by atoms with E-state index in [4.69, 9.17) is 16.7 Å². The van der Waals surface area contributed by atoms with Crippen molar-refractivity contribution in [1.82, 2.24) is 0 Å². The Kier molecular flexibility index (Phi) is 4.13. The number of hydrogen-bond donors (Lipinski definition) is 1. The number of nitrogens with zero attached hydrogens (tertiary/aromatic N) is 1. The van der Waals surface area contributed by atoms with Gasteiger partial charge in [-0.25, -0.2) is 0 Å². The number of halogens is 4. The van der Waals surface area contributed by atoms with Crippen LogP contribution in [0.25, 0.3) is 0 Å². The van der Waals surface area contributed by atoms with E-state index in [0.29, 0.717) is 25.2 Å². The number of rotatable bonds is 3. The molecule has 1 aliphatic heterocycles. The highest BCUT2D eigenvalue weighted by Crippen LogP contribution is 2.38. The van der Waals surface area contributed by atoms with Crippen molar-refractivity contribution >= 4 is 23.3 Å². The summed E-state index contributed by atoms with van der Waals surface area (Å²) >= 11 is 5.57. The van der Waals surface area contributed by atoms with Gasteiger partial charge in [-0.2, -0.15) is 13.2 Å². The van der Waals surface area contributed by atoms with Crippen LogP contribution in [0.2, 0.25) is 5.02 Å². The lowest BCUT2D eigenvalue weighted by Crippen LogP contribution is -2.21. The first-order chi connectivity index (χ1) is 9.27. The highest BCUT2D eigenvalue weighted by Gasteiger charge is 2.34. The molecule has 7 heteroatoms. The zero-order valence-corrected chi connectivity index (χ0v) is 11.2. The highest BCUT2D eigenvalue weighted by atomic mass is 35.5. The summed E-state index contributed by atoms with van der Waals surface area (Å²) in [4.78, 5) is 12.4. The van der Waals surface area contributed by atoms with E-state index in [1.807, 2.05) is 0 Å². The molecular formula is C13H13ClF3NO2. The Hall–Kier alpha value is -1.43. The molecule has 1 unspecified atom stereocenters. The SMILES string of the molecule is O=C(O)CC1CCN(c2ccc(Cl)c(C(F)(F)F)c2)C1. The smallest absolute Gasteiger partial charge is 0.417 e. The first-order valence-electron chi connectivity index (χ1n) is 6.11. The Labute approximate surface area is 118 Å². The number of benzene rings is 1. The highest BCUT2D eigenvalue weighted by molar-refractivity contribution is 6.31. The van der Waals surface area contributed by atoms with E-state index in [1.54, 1.807) is 4.90 Å². The molecule has 20 heavy (non-hydrogen) atoms. The van der Waals surface area contributed by atoms with Gasteiger partial charge in [0.2, 0.25) is 0 Å². The first-order valence-corrected chi connectivity index (χ1v) is 6.48. The lowest BCUT2D eigenvalue weighted by molar-refractivity contribution is -0.138. The summed E-state index contributed by atoms with van der Waals surface area (Å²) in [6, 6.07) is 3.77. The van der Waals surface area contributed by atoms with Gasteiger partial charge in [0.25, 0.3) is 0 Å². The molecule has 3 nitrogen and oxygen atoms in total. The number of aliphatic carboxylic acids is 1. The van der Waals surface area contributed by atoms with Crippen LogP contribution in [-0.4, -0.2) is 24.2 Å². The van der Waals surface area contributed by atoms with Crippen LogP contribution in [0.1, 0.15) is 18.4 Å². The zero-order chi connectivity index (χ0) is 14.9. The van der Waals surface area contributed by atoms with Gasteiger partial charge in [-0.3, -0.25) is 4.79 Å². The minimum atomic E-state index is -4.49. The van der Waals surface area contributed by atoms with E-state index < -0.39 is 17.7 Å². The summed E-state index contributed by atoms with van der Waals surface area (Å²) < 4.78 is 38.4. The number of hydrogen-bond acceptors (Lipinski definition) is 2. The minimum absolute atomic E-state index is 0.0301. The third-order valence-electron chi connectivity index (χ3n) is 3.37. The Morgan fingerprint density at radius 3 is 2.75 bits per heavy atom.